The first-order chi connectivity index (χ1) is 13.0. The minimum absolute atomic E-state index is 0.0485. The number of hydrogen-bond acceptors (Lipinski definition) is 4. The Bertz CT molecular complexity index is 720. The average molecular weight is 369 g/mol. The number of rotatable bonds is 8. The molecule has 2 rings (SSSR count). The van der Waals surface area contributed by atoms with Gasteiger partial charge in [-0.25, -0.2) is 4.79 Å². The van der Waals surface area contributed by atoms with E-state index in [4.69, 9.17) is 4.74 Å². The van der Waals surface area contributed by atoms with E-state index in [1.165, 1.54) is 0 Å². The summed E-state index contributed by atoms with van der Waals surface area (Å²) >= 11 is 0. The van der Waals surface area contributed by atoms with Gasteiger partial charge in [-0.1, -0.05) is 60.7 Å². The first-order valence-electron chi connectivity index (χ1n) is 8.93. The van der Waals surface area contributed by atoms with Gasteiger partial charge in [0.25, 0.3) is 0 Å². The van der Waals surface area contributed by atoms with Crippen LogP contribution in [0.2, 0.25) is 0 Å². The lowest BCUT2D eigenvalue weighted by molar-refractivity contribution is -0.122. The van der Waals surface area contributed by atoms with Gasteiger partial charge in [0.15, 0.2) is 0 Å². The first kappa shape index (κ1) is 20.5. The molecule has 0 aromatic heterocycles. The summed E-state index contributed by atoms with van der Waals surface area (Å²) in [7, 11) is 3.93. The Labute approximate surface area is 160 Å². The molecule has 2 atom stereocenters. The highest BCUT2D eigenvalue weighted by Gasteiger charge is 2.19. The van der Waals surface area contributed by atoms with Crippen molar-refractivity contribution in [1.29, 1.82) is 0 Å². The molecule has 144 valence electrons. The van der Waals surface area contributed by atoms with Gasteiger partial charge in [-0.2, -0.15) is 0 Å². The van der Waals surface area contributed by atoms with E-state index < -0.39 is 12.1 Å². The van der Waals surface area contributed by atoms with Crippen molar-refractivity contribution in [3.63, 3.8) is 0 Å². The van der Waals surface area contributed by atoms with Crippen molar-refractivity contribution >= 4 is 12.0 Å². The van der Waals surface area contributed by atoms with Gasteiger partial charge in [0.05, 0.1) is 6.04 Å². The molecule has 0 spiro atoms. The third-order valence-corrected chi connectivity index (χ3v) is 4.22. The molecule has 27 heavy (non-hydrogen) atoms. The third kappa shape index (κ3) is 6.75. The van der Waals surface area contributed by atoms with E-state index in [0.29, 0.717) is 6.54 Å². The van der Waals surface area contributed by atoms with Crippen LogP contribution in [0.15, 0.2) is 60.7 Å². The second kappa shape index (κ2) is 10.3. The Kier molecular flexibility index (Phi) is 7.82. The van der Waals surface area contributed by atoms with Crippen LogP contribution in [0.1, 0.15) is 24.1 Å². The minimum Gasteiger partial charge on any atom is -0.445 e. The fourth-order valence-electron chi connectivity index (χ4n) is 2.63. The number of likely N-dealkylation sites (N-methyl/N-ethyl adjacent to an activating group) is 1. The highest BCUT2D eigenvalue weighted by atomic mass is 16.5. The second-order valence-electron chi connectivity index (χ2n) is 6.56. The molecule has 0 saturated heterocycles. The van der Waals surface area contributed by atoms with Crippen LogP contribution in [0.4, 0.5) is 4.79 Å². The topological polar surface area (TPSA) is 70.7 Å². The van der Waals surface area contributed by atoms with Crippen molar-refractivity contribution in [2.24, 2.45) is 0 Å². The van der Waals surface area contributed by atoms with Gasteiger partial charge >= 0.3 is 6.09 Å². The van der Waals surface area contributed by atoms with E-state index in [-0.39, 0.29) is 18.6 Å². The zero-order valence-electron chi connectivity index (χ0n) is 16.0. The predicted molar refractivity (Wildman–Crippen MR) is 105 cm³/mol. The number of carbonyl (C=O) groups excluding carboxylic acids is 2. The molecule has 0 saturated carbocycles. The summed E-state index contributed by atoms with van der Waals surface area (Å²) < 4.78 is 5.14. The van der Waals surface area contributed by atoms with Crippen LogP contribution in [0.5, 0.6) is 0 Å². The highest BCUT2D eigenvalue weighted by Crippen LogP contribution is 2.16. The number of hydrogen-bond donors (Lipinski definition) is 2. The number of amides is 2. The quantitative estimate of drug-likeness (QED) is 0.751. The number of benzene rings is 2. The second-order valence-corrected chi connectivity index (χ2v) is 6.56. The van der Waals surface area contributed by atoms with E-state index >= 15 is 0 Å². The van der Waals surface area contributed by atoms with E-state index in [1.807, 2.05) is 79.7 Å². The van der Waals surface area contributed by atoms with Gasteiger partial charge in [-0.05, 0) is 32.1 Å². The molecule has 2 aromatic carbocycles. The molecular formula is C21H27N3O3. The van der Waals surface area contributed by atoms with Crippen molar-refractivity contribution in [3.8, 4) is 0 Å². The fraction of sp³-hybridized carbons (Fsp3) is 0.333. The summed E-state index contributed by atoms with van der Waals surface area (Å²) in [5, 5.41) is 5.45. The van der Waals surface area contributed by atoms with Crippen LogP contribution in [-0.2, 0) is 16.1 Å². The maximum Gasteiger partial charge on any atom is 0.408 e. The number of carbonyl (C=O) groups is 2. The summed E-state index contributed by atoms with van der Waals surface area (Å²) in [5.41, 5.74) is 2.01. The van der Waals surface area contributed by atoms with Crippen molar-refractivity contribution in [2.45, 2.75) is 25.6 Å². The number of nitrogens with zero attached hydrogens (tertiary/aromatic N) is 1. The molecule has 2 unspecified atom stereocenters. The lowest BCUT2D eigenvalue weighted by atomic mass is 10.1. The molecule has 0 aliphatic carbocycles. The SMILES string of the molecule is CC(NC(=O)OCc1ccccc1)C(=O)NCC(c1ccccc1)N(C)C. The van der Waals surface area contributed by atoms with Crippen LogP contribution < -0.4 is 10.6 Å². The molecule has 0 bridgehead atoms. The van der Waals surface area contributed by atoms with Gasteiger partial charge in [-0.15, -0.1) is 0 Å². The molecule has 6 heteroatoms. The normalized spacial score (nSPS) is 12.9. The third-order valence-electron chi connectivity index (χ3n) is 4.22. The zero-order valence-corrected chi connectivity index (χ0v) is 16.0. The monoisotopic (exact) mass is 369 g/mol. The number of alkyl carbamates (subject to hydrolysis) is 1. The summed E-state index contributed by atoms with van der Waals surface area (Å²) in [5.74, 6) is -0.255. The standard InChI is InChI=1S/C21H27N3O3/c1-16(23-21(26)27-15-17-10-6-4-7-11-17)20(25)22-14-19(24(2)3)18-12-8-5-9-13-18/h4-13,16,19H,14-15H2,1-3H3,(H,22,25)(H,23,26). The fourth-order valence-corrected chi connectivity index (χ4v) is 2.63. The molecule has 0 aliphatic heterocycles. The summed E-state index contributed by atoms with van der Waals surface area (Å²) in [6, 6.07) is 18.7. The lowest BCUT2D eigenvalue weighted by Crippen LogP contribution is -2.46. The molecule has 2 aromatic rings. The summed E-state index contributed by atoms with van der Waals surface area (Å²) in [4.78, 5) is 26.2. The van der Waals surface area contributed by atoms with Crippen molar-refractivity contribution in [2.75, 3.05) is 20.6 Å². The van der Waals surface area contributed by atoms with Gasteiger partial charge in [0.1, 0.15) is 12.6 Å². The van der Waals surface area contributed by atoms with Crippen molar-refractivity contribution in [3.05, 3.63) is 71.8 Å². The molecule has 0 aliphatic rings. The van der Waals surface area contributed by atoms with Crippen LogP contribution in [0.25, 0.3) is 0 Å². The van der Waals surface area contributed by atoms with Crippen LogP contribution in [-0.4, -0.2) is 43.6 Å². The largest absolute Gasteiger partial charge is 0.445 e. The Morgan fingerprint density at radius 3 is 2.19 bits per heavy atom. The Morgan fingerprint density at radius 2 is 1.59 bits per heavy atom. The van der Waals surface area contributed by atoms with Crippen LogP contribution in [0.3, 0.4) is 0 Å². The first-order valence-corrected chi connectivity index (χ1v) is 8.93. The van der Waals surface area contributed by atoms with Crippen LogP contribution >= 0.6 is 0 Å². The van der Waals surface area contributed by atoms with E-state index in [2.05, 4.69) is 10.6 Å². The molecule has 0 fully saturated rings. The average Bonchev–Trinajstić information content (AvgIpc) is 2.67. The van der Waals surface area contributed by atoms with E-state index in [1.54, 1.807) is 6.92 Å². The van der Waals surface area contributed by atoms with E-state index in [0.717, 1.165) is 11.1 Å². The predicted octanol–water partition coefficient (Wildman–Crippen LogP) is 2.72. The molecule has 2 N–H and O–H groups in total. The van der Waals surface area contributed by atoms with E-state index in [9.17, 15) is 9.59 Å². The molecule has 2 amide bonds. The Hall–Kier alpha value is -2.86. The molecule has 0 radical (unpaired) electrons. The minimum atomic E-state index is -0.688. The van der Waals surface area contributed by atoms with Crippen molar-refractivity contribution in [1.82, 2.24) is 15.5 Å². The van der Waals surface area contributed by atoms with Gasteiger partial charge in [-0.3, -0.25) is 4.79 Å². The number of nitrogens with one attached hydrogen (secondary N) is 2. The Balaban J connectivity index is 1.79. The zero-order chi connectivity index (χ0) is 19.6. The van der Waals surface area contributed by atoms with Gasteiger partial charge < -0.3 is 20.3 Å². The van der Waals surface area contributed by atoms with Crippen LogP contribution in [0, 0.1) is 0 Å². The Morgan fingerprint density at radius 1 is 1.00 bits per heavy atom. The summed E-state index contributed by atoms with van der Waals surface area (Å²) in [6.07, 6.45) is -0.617. The van der Waals surface area contributed by atoms with Gasteiger partial charge in [0, 0.05) is 6.54 Å². The molecular weight excluding hydrogens is 342 g/mol. The maximum atomic E-state index is 12.3. The number of ether oxygens (including phenoxy) is 1. The maximum absolute atomic E-state index is 12.3. The van der Waals surface area contributed by atoms with Crippen molar-refractivity contribution < 1.29 is 14.3 Å². The smallest absolute Gasteiger partial charge is 0.408 e. The molecule has 6 nitrogen and oxygen atoms in total. The highest BCUT2D eigenvalue weighted by molar-refractivity contribution is 5.85. The lowest BCUT2D eigenvalue weighted by Gasteiger charge is -2.26. The molecule has 0 heterocycles. The van der Waals surface area contributed by atoms with Gasteiger partial charge in [0.2, 0.25) is 5.91 Å². The summed E-state index contributed by atoms with van der Waals surface area (Å²) in [6.45, 7) is 2.24.